The number of carbonyl (C=O) groups is 1. The zero-order valence-corrected chi connectivity index (χ0v) is 10.1. The van der Waals surface area contributed by atoms with E-state index in [1.165, 1.54) is 18.5 Å². The number of rotatable bonds is 3. The quantitative estimate of drug-likeness (QED) is 0.803. The molecule has 2 unspecified atom stereocenters. The van der Waals surface area contributed by atoms with Crippen molar-refractivity contribution in [2.75, 3.05) is 6.54 Å². The van der Waals surface area contributed by atoms with E-state index < -0.39 is 0 Å². The molecular weight excluding hydrogens is 220 g/mol. The van der Waals surface area contributed by atoms with Crippen molar-refractivity contribution >= 4 is 17.1 Å². The number of thiazole rings is 1. The first-order valence-corrected chi connectivity index (χ1v) is 6.92. The summed E-state index contributed by atoms with van der Waals surface area (Å²) in [5.74, 6) is 0.470. The maximum atomic E-state index is 11.5. The predicted molar refractivity (Wildman–Crippen MR) is 63.6 cm³/mol. The molecule has 4 heteroatoms. The third kappa shape index (κ3) is 1.92. The van der Waals surface area contributed by atoms with Crippen molar-refractivity contribution in [1.82, 2.24) is 9.88 Å². The number of hydrogen-bond donors (Lipinski definition) is 0. The van der Waals surface area contributed by atoms with Gasteiger partial charge in [-0.1, -0.05) is 0 Å². The van der Waals surface area contributed by atoms with E-state index in [4.69, 9.17) is 0 Å². The van der Waals surface area contributed by atoms with Crippen LogP contribution in [0.3, 0.4) is 0 Å². The summed E-state index contributed by atoms with van der Waals surface area (Å²) >= 11 is 1.66. The summed E-state index contributed by atoms with van der Waals surface area (Å²) in [5.41, 5.74) is 3.09. The number of fused-ring (bicyclic) bond motifs is 2. The minimum atomic E-state index is 0.470. The maximum Gasteiger partial charge on any atom is 0.136 e. The van der Waals surface area contributed by atoms with Crippen molar-refractivity contribution < 1.29 is 4.79 Å². The molecule has 2 saturated heterocycles. The van der Waals surface area contributed by atoms with Gasteiger partial charge in [0.2, 0.25) is 0 Å². The molecule has 0 spiro atoms. The number of piperidine rings is 1. The van der Waals surface area contributed by atoms with Gasteiger partial charge in [0, 0.05) is 43.3 Å². The van der Waals surface area contributed by atoms with Gasteiger partial charge in [0.05, 0.1) is 11.2 Å². The number of Topliss-reactive ketones (excluding diaryl/α,β-unsaturated/α-hetero) is 1. The Bertz CT molecular complexity index is 360. The topological polar surface area (TPSA) is 33.2 Å². The Morgan fingerprint density at radius 2 is 2.12 bits per heavy atom. The normalized spacial score (nSPS) is 29.9. The van der Waals surface area contributed by atoms with Gasteiger partial charge in [-0.2, -0.15) is 0 Å². The molecule has 16 heavy (non-hydrogen) atoms. The molecule has 3 nitrogen and oxygen atoms in total. The van der Waals surface area contributed by atoms with E-state index in [2.05, 4.69) is 15.3 Å². The highest BCUT2D eigenvalue weighted by atomic mass is 32.1. The average Bonchev–Trinajstić information content (AvgIpc) is 2.83. The molecule has 3 rings (SSSR count). The Labute approximate surface area is 99.5 Å². The molecule has 3 heterocycles. The lowest BCUT2D eigenvalue weighted by Gasteiger charge is -2.33. The fraction of sp³-hybridized carbons (Fsp3) is 0.667. The van der Waals surface area contributed by atoms with Crippen LogP contribution in [0.5, 0.6) is 0 Å². The van der Waals surface area contributed by atoms with E-state index in [0.29, 0.717) is 17.9 Å². The molecule has 2 bridgehead atoms. The summed E-state index contributed by atoms with van der Waals surface area (Å²) in [7, 11) is 0. The molecule has 1 aromatic rings. The van der Waals surface area contributed by atoms with Crippen molar-refractivity contribution in [2.24, 2.45) is 0 Å². The lowest BCUT2D eigenvalue weighted by molar-refractivity contribution is -0.123. The van der Waals surface area contributed by atoms with Gasteiger partial charge in [0.25, 0.3) is 0 Å². The van der Waals surface area contributed by atoms with Crippen LogP contribution in [-0.4, -0.2) is 34.3 Å². The molecule has 0 radical (unpaired) electrons. The molecule has 0 saturated carbocycles. The van der Waals surface area contributed by atoms with Crippen molar-refractivity contribution in [3.05, 3.63) is 16.6 Å². The number of carbonyl (C=O) groups excluding carboxylic acids is 1. The molecule has 0 N–H and O–H groups in total. The summed E-state index contributed by atoms with van der Waals surface area (Å²) in [6.07, 6.45) is 5.03. The Hall–Kier alpha value is -0.740. The molecule has 2 fully saturated rings. The van der Waals surface area contributed by atoms with Crippen molar-refractivity contribution in [3.8, 4) is 0 Å². The largest absolute Gasteiger partial charge is 0.300 e. The molecule has 86 valence electrons. The van der Waals surface area contributed by atoms with Gasteiger partial charge in [-0.15, -0.1) is 11.3 Å². The average molecular weight is 236 g/mol. The Morgan fingerprint density at radius 3 is 2.75 bits per heavy atom. The Morgan fingerprint density at radius 1 is 1.38 bits per heavy atom. The third-order valence-electron chi connectivity index (χ3n) is 3.81. The van der Waals surface area contributed by atoms with E-state index in [9.17, 15) is 4.79 Å². The summed E-state index contributed by atoms with van der Waals surface area (Å²) in [6.45, 7) is 1.08. The molecule has 1 aromatic heterocycles. The molecule has 0 aromatic carbocycles. The SMILES string of the molecule is O=C1CC2CCC(C1)N2CCc1cscn1. The highest BCUT2D eigenvalue weighted by Gasteiger charge is 2.39. The zero-order chi connectivity index (χ0) is 11.0. The van der Waals surface area contributed by atoms with Gasteiger partial charge in [0.1, 0.15) is 5.78 Å². The lowest BCUT2D eigenvalue weighted by atomic mass is 10.0. The van der Waals surface area contributed by atoms with Crippen LogP contribution in [0, 0.1) is 0 Å². The minimum absolute atomic E-state index is 0.470. The second-order valence-electron chi connectivity index (χ2n) is 4.80. The van der Waals surface area contributed by atoms with Gasteiger partial charge < -0.3 is 0 Å². The van der Waals surface area contributed by atoms with Crippen molar-refractivity contribution in [2.45, 2.75) is 44.2 Å². The minimum Gasteiger partial charge on any atom is -0.300 e. The van der Waals surface area contributed by atoms with Crippen LogP contribution in [0.2, 0.25) is 0 Å². The van der Waals surface area contributed by atoms with E-state index in [1.807, 2.05) is 5.51 Å². The first-order chi connectivity index (χ1) is 7.83. The standard InChI is InChI=1S/C12H16N2OS/c15-12-5-10-1-2-11(6-12)14(10)4-3-9-7-16-8-13-9/h7-8,10-11H,1-6H2. The van der Waals surface area contributed by atoms with Crippen LogP contribution in [0.4, 0.5) is 0 Å². The third-order valence-corrected chi connectivity index (χ3v) is 4.44. The van der Waals surface area contributed by atoms with Gasteiger partial charge in [0.15, 0.2) is 0 Å². The van der Waals surface area contributed by atoms with Crippen LogP contribution in [0.25, 0.3) is 0 Å². The number of aromatic nitrogens is 1. The molecular formula is C12H16N2OS. The van der Waals surface area contributed by atoms with Crippen LogP contribution in [0.15, 0.2) is 10.9 Å². The molecule has 2 atom stereocenters. The molecule has 2 aliphatic heterocycles. The summed E-state index contributed by atoms with van der Waals surface area (Å²) in [6, 6.07) is 1.06. The Kier molecular flexibility index (Phi) is 2.77. The predicted octanol–water partition coefficient (Wildman–Crippen LogP) is 1.88. The summed E-state index contributed by atoms with van der Waals surface area (Å²) < 4.78 is 0. The summed E-state index contributed by atoms with van der Waals surface area (Å²) in [4.78, 5) is 18.3. The monoisotopic (exact) mass is 236 g/mol. The van der Waals surface area contributed by atoms with Crippen molar-refractivity contribution in [3.63, 3.8) is 0 Å². The van der Waals surface area contributed by atoms with E-state index in [-0.39, 0.29) is 0 Å². The second kappa shape index (κ2) is 4.26. The first kappa shape index (κ1) is 10.4. The van der Waals surface area contributed by atoms with E-state index in [0.717, 1.165) is 25.8 Å². The highest BCUT2D eigenvalue weighted by molar-refractivity contribution is 7.07. The fourth-order valence-electron chi connectivity index (χ4n) is 3.03. The number of ketones is 1. The van der Waals surface area contributed by atoms with Crippen LogP contribution in [0.1, 0.15) is 31.4 Å². The molecule has 0 aliphatic carbocycles. The Balaban J connectivity index is 1.61. The number of nitrogens with zero attached hydrogens (tertiary/aromatic N) is 2. The molecule has 0 amide bonds. The number of hydrogen-bond acceptors (Lipinski definition) is 4. The smallest absolute Gasteiger partial charge is 0.136 e. The van der Waals surface area contributed by atoms with Gasteiger partial charge in [-0.25, -0.2) is 4.98 Å². The highest BCUT2D eigenvalue weighted by Crippen LogP contribution is 2.33. The van der Waals surface area contributed by atoms with E-state index in [1.54, 1.807) is 11.3 Å². The fourth-order valence-corrected chi connectivity index (χ4v) is 3.62. The van der Waals surface area contributed by atoms with Gasteiger partial charge in [-0.3, -0.25) is 9.69 Å². The zero-order valence-electron chi connectivity index (χ0n) is 9.26. The van der Waals surface area contributed by atoms with Crippen molar-refractivity contribution in [1.29, 1.82) is 0 Å². The maximum absolute atomic E-state index is 11.5. The van der Waals surface area contributed by atoms with Crippen LogP contribution < -0.4 is 0 Å². The lowest BCUT2D eigenvalue weighted by Crippen LogP contribution is -2.44. The van der Waals surface area contributed by atoms with Crippen LogP contribution in [-0.2, 0) is 11.2 Å². The van der Waals surface area contributed by atoms with Crippen LogP contribution >= 0.6 is 11.3 Å². The van der Waals surface area contributed by atoms with Gasteiger partial charge in [-0.05, 0) is 12.8 Å². The van der Waals surface area contributed by atoms with Gasteiger partial charge >= 0.3 is 0 Å². The summed E-state index contributed by atoms with van der Waals surface area (Å²) in [5, 5.41) is 2.12. The van der Waals surface area contributed by atoms with E-state index >= 15 is 0 Å². The molecule has 2 aliphatic rings. The first-order valence-electron chi connectivity index (χ1n) is 5.97. The second-order valence-corrected chi connectivity index (χ2v) is 5.52.